The van der Waals surface area contributed by atoms with Crippen molar-refractivity contribution in [2.45, 2.75) is 26.2 Å². The largest absolute Gasteiger partial charge is 0.478 e. The molecule has 0 saturated heterocycles. The van der Waals surface area contributed by atoms with Gasteiger partial charge in [0.05, 0.1) is 0 Å². The van der Waals surface area contributed by atoms with Gasteiger partial charge in [-0.05, 0) is 12.5 Å². The van der Waals surface area contributed by atoms with Crippen molar-refractivity contribution in [3.63, 3.8) is 0 Å². The Hall–Kier alpha value is -1.65. The molecular weight excluding hydrogens is 211 g/mol. The fourth-order valence-electron chi connectivity index (χ4n) is 1.31. The Morgan fingerprint density at radius 1 is 1.56 bits per heavy atom. The third-order valence-electron chi connectivity index (χ3n) is 2.19. The van der Waals surface area contributed by atoms with E-state index in [9.17, 15) is 9.18 Å². The number of halogens is 1. The number of anilines is 1. The molecule has 4 nitrogen and oxygen atoms in total. The number of carboxylic acid groups (broad SMARTS) is 1. The molecule has 1 aromatic rings. The van der Waals surface area contributed by atoms with Gasteiger partial charge in [-0.3, -0.25) is 0 Å². The van der Waals surface area contributed by atoms with Gasteiger partial charge in [0.2, 0.25) is 0 Å². The molecule has 0 bridgehead atoms. The predicted molar refractivity (Wildman–Crippen MR) is 59.2 cm³/mol. The summed E-state index contributed by atoms with van der Waals surface area (Å²) in [5.74, 6) is -2.07. The van der Waals surface area contributed by atoms with Gasteiger partial charge in [-0.1, -0.05) is 19.8 Å². The van der Waals surface area contributed by atoms with Crippen LogP contribution in [0.5, 0.6) is 0 Å². The molecule has 1 aromatic heterocycles. The van der Waals surface area contributed by atoms with E-state index in [1.54, 1.807) is 0 Å². The summed E-state index contributed by atoms with van der Waals surface area (Å²) in [5, 5.41) is 11.5. The lowest BCUT2D eigenvalue weighted by Gasteiger charge is -2.07. The van der Waals surface area contributed by atoms with E-state index in [1.165, 1.54) is 6.20 Å². The number of carbonyl (C=O) groups is 1. The summed E-state index contributed by atoms with van der Waals surface area (Å²) in [5.41, 5.74) is -0.354. The minimum absolute atomic E-state index is 0.0102. The minimum atomic E-state index is -1.28. The maximum Gasteiger partial charge on any atom is 0.338 e. The van der Waals surface area contributed by atoms with Gasteiger partial charge in [0, 0.05) is 12.7 Å². The fourth-order valence-corrected chi connectivity index (χ4v) is 1.31. The summed E-state index contributed by atoms with van der Waals surface area (Å²) in [6.07, 6.45) is 4.32. The smallest absolute Gasteiger partial charge is 0.338 e. The molecule has 0 aliphatic heterocycles. The van der Waals surface area contributed by atoms with Crippen LogP contribution in [0.4, 0.5) is 10.2 Å². The van der Waals surface area contributed by atoms with Crippen LogP contribution in [-0.4, -0.2) is 22.6 Å². The van der Waals surface area contributed by atoms with Crippen LogP contribution in [0.15, 0.2) is 12.3 Å². The highest BCUT2D eigenvalue weighted by Gasteiger charge is 2.14. The van der Waals surface area contributed by atoms with Crippen LogP contribution >= 0.6 is 0 Å². The molecule has 5 heteroatoms. The number of hydrogen-bond donors (Lipinski definition) is 2. The summed E-state index contributed by atoms with van der Waals surface area (Å²) in [7, 11) is 0. The second-order valence-corrected chi connectivity index (χ2v) is 3.46. The molecule has 0 fully saturated rings. The van der Waals surface area contributed by atoms with E-state index < -0.39 is 11.8 Å². The Morgan fingerprint density at radius 3 is 2.94 bits per heavy atom. The highest BCUT2D eigenvalue weighted by Crippen LogP contribution is 2.14. The molecule has 0 aliphatic carbocycles. The first-order valence-corrected chi connectivity index (χ1v) is 5.28. The van der Waals surface area contributed by atoms with Gasteiger partial charge >= 0.3 is 5.97 Å². The number of carboxylic acids is 1. The van der Waals surface area contributed by atoms with Gasteiger partial charge in [0.25, 0.3) is 0 Å². The van der Waals surface area contributed by atoms with Crippen molar-refractivity contribution in [1.29, 1.82) is 0 Å². The molecule has 0 aromatic carbocycles. The number of pyridine rings is 1. The van der Waals surface area contributed by atoms with E-state index in [0.29, 0.717) is 6.54 Å². The van der Waals surface area contributed by atoms with E-state index in [2.05, 4.69) is 17.2 Å². The van der Waals surface area contributed by atoms with Gasteiger partial charge in [-0.15, -0.1) is 0 Å². The summed E-state index contributed by atoms with van der Waals surface area (Å²) in [6.45, 7) is 2.67. The zero-order valence-electron chi connectivity index (χ0n) is 9.16. The average molecular weight is 226 g/mol. The van der Waals surface area contributed by atoms with Crippen LogP contribution in [0.1, 0.15) is 36.5 Å². The van der Waals surface area contributed by atoms with Crippen molar-refractivity contribution in [3.05, 3.63) is 23.6 Å². The van der Waals surface area contributed by atoms with Crippen LogP contribution in [0.25, 0.3) is 0 Å². The number of nitrogens with zero attached hydrogens (tertiary/aromatic N) is 1. The van der Waals surface area contributed by atoms with Crippen molar-refractivity contribution in [2.24, 2.45) is 0 Å². The summed E-state index contributed by atoms with van der Waals surface area (Å²) in [4.78, 5) is 14.4. The van der Waals surface area contributed by atoms with Crippen molar-refractivity contribution >= 4 is 11.8 Å². The molecule has 1 rings (SSSR count). The number of aromatic carboxylic acids is 1. The van der Waals surface area contributed by atoms with Crippen LogP contribution in [0.2, 0.25) is 0 Å². The van der Waals surface area contributed by atoms with Crippen molar-refractivity contribution in [1.82, 2.24) is 4.98 Å². The van der Waals surface area contributed by atoms with E-state index in [4.69, 9.17) is 5.11 Å². The van der Waals surface area contributed by atoms with Gasteiger partial charge in [-0.25, -0.2) is 14.2 Å². The number of rotatable bonds is 6. The number of unbranched alkanes of at least 4 members (excludes halogenated alkanes) is 2. The van der Waals surface area contributed by atoms with Gasteiger partial charge in [-0.2, -0.15) is 0 Å². The van der Waals surface area contributed by atoms with E-state index in [-0.39, 0.29) is 11.4 Å². The number of aromatic nitrogens is 1. The van der Waals surface area contributed by atoms with Crippen LogP contribution in [-0.2, 0) is 0 Å². The third kappa shape index (κ3) is 3.18. The monoisotopic (exact) mass is 226 g/mol. The van der Waals surface area contributed by atoms with Gasteiger partial charge in [0.1, 0.15) is 5.56 Å². The van der Waals surface area contributed by atoms with E-state index in [1.807, 2.05) is 0 Å². The number of nitrogens with one attached hydrogen (secondary N) is 1. The second-order valence-electron chi connectivity index (χ2n) is 3.46. The highest BCUT2D eigenvalue weighted by molar-refractivity contribution is 5.88. The quantitative estimate of drug-likeness (QED) is 0.731. The normalized spacial score (nSPS) is 10.1. The highest BCUT2D eigenvalue weighted by atomic mass is 19.1. The maximum atomic E-state index is 13.5. The second kappa shape index (κ2) is 6.05. The number of hydrogen-bond acceptors (Lipinski definition) is 3. The Kier molecular flexibility index (Phi) is 4.69. The fraction of sp³-hybridized carbons (Fsp3) is 0.455. The summed E-state index contributed by atoms with van der Waals surface area (Å²) >= 11 is 0. The first-order valence-electron chi connectivity index (χ1n) is 5.28. The molecule has 0 saturated carbocycles. The predicted octanol–water partition coefficient (Wildman–Crippen LogP) is 2.52. The SMILES string of the molecule is CCCCCNc1nccc(C(=O)O)c1F. The first-order chi connectivity index (χ1) is 7.66. The molecule has 0 unspecified atom stereocenters. The average Bonchev–Trinajstić information content (AvgIpc) is 2.26. The lowest BCUT2D eigenvalue weighted by Crippen LogP contribution is -2.09. The maximum absolute atomic E-state index is 13.5. The molecule has 0 amide bonds. The molecule has 0 atom stereocenters. The third-order valence-corrected chi connectivity index (χ3v) is 2.19. The Morgan fingerprint density at radius 2 is 2.31 bits per heavy atom. The van der Waals surface area contributed by atoms with Crippen molar-refractivity contribution < 1.29 is 14.3 Å². The van der Waals surface area contributed by atoms with Crippen LogP contribution in [0, 0.1) is 5.82 Å². The molecule has 0 spiro atoms. The molecular formula is C11H15FN2O2. The Labute approximate surface area is 93.5 Å². The lowest BCUT2D eigenvalue weighted by molar-refractivity contribution is 0.0692. The van der Waals surface area contributed by atoms with Crippen LogP contribution in [0.3, 0.4) is 0 Å². The molecule has 0 aliphatic rings. The van der Waals surface area contributed by atoms with Crippen molar-refractivity contribution in [3.8, 4) is 0 Å². The molecule has 88 valence electrons. The summed E-state index contributed by atoms with van der Waals surface area (Å²) < 4.78 is 13.5. The molecule has 0 radical (unpaired) electrons. The van der Waals surface area contributed by atoms with Crippen molar-refractivity contribution in [2.75, 3.05) is 11.9 Å². The molecule has 2 N–H and O–H groups in total. The zero-order chi connectivity index (χ0) is 12.0. The Balaban J connectivity index is 2.66. The standard InChI is InChI=1S/C11H15FN2O2/c1-2-3-4-6-13-10-9(12)8(11(15)16)5-7-14-10/h5,7H,2-4,6H2,1H3,(H,13,14)(H,15,16). The molecule has 1 heterocycles. The first kappa shape index (κ1) is 12.4. The van der Waals surface area contributed by atoms with E-state index >= 15 is 0 Å². The Bertz CT molecular complexity index is 369. The van der Waals surface area contributed by atoms with Gasteiger partial charge in [0.15, 0.2) is 11.6 Å². The lowest BCUT2D eigenvalue weighted by atomic mass is 10.2. The summed E-state index contributed by atoms with van der Waals surface area (Å²) in [6, 6.07) is 1.15. The zero-order valence-corrected chi connectivity index (χ0v) is 9.16. The molecule has 16 heavy (non-hydrogen) atoms. The topological polar surface area (TPSA) is 62.2 Å². The minimum Gasteiger partial charge on any atom is -0.478 e. The van der Waals surface area contributed by atoms with Crippen LogP contribution < -0.4 is 5.32 Å². The van der Waals surface area contributed by atoms with E-state index in [0.717, 1.165) is 25.3 Å². The van der Waals surface area contributed by atoms with Gasteiger partial charge < -0.3 is 10.4 Å².